The lowest BCUT2D eigenvalue weighted by atomic mass is 10.1. The zero-order chi connectivity index (χ0) is 18.5. The molecule has 2 N–H and O–H groups in total. The number of aryl methyl sites for hydroxylation is 2. The van der Waals surface area contributed by atoms with Gasteiger partial charge in [-0.15, -0.1) is 0 Å². The van der Waals surface area contributed by atoms with Crippen LogP contribution in [0.4, 0.5) is 14.9 Å². The molecule has 26 heavy (non-hydrogen) atoms. The largest absolute Gasteiger partial charge is 0.465 e. The second-order valence-corrected chi connectivity index (χ2v) is 6.41. The number of urea groups is 1. The number of halogens is 1. The standard InChI is InChI=1S/C19H24FN3O3/c1-13-3-5-15(20)11-16(13)22-19(24)21-12-17(18-6-4-14(2)26-18)23-7-9-25-10-8-23/h3-6,11,17H,7-10,12H2,1-2H3,(H2,21,22,24). The summed E-state index contributed by atoms with van der Waals surface area (Å²) in [5.74, 6) is 1.26. The van der Waals surface area contributed by atoms with Crippen LogP contribution < -0.4 is 10.6 Å². The lowest BCUT2D eigenvalue weighted by Gasteiger charge is -2.33. The summed E-state index contributed by atoms with van der Waals surface area (Å²) in [6.07, 6.45) is 0. The van der Waals surface area contributed by atoms with Gasteiger partial charge in [0, 0.05) is 25.3 Å². The molecule has 140 valence electrons. The number of benzene rings is 1. The number of hydrogen-bond donors (Lipinski definition) is 2. The van der Waals surface area contributed by atoms with Gasteiger partial charge in [0.1, 0.15) is 17.3 Å². The molecule has 2 heterocycles. The quantitative estimate of drug-likeness (QED) is 0.858. The highest BCUT2D eigenvalue weighted by molar-refractivity contribution is 5.90. The van der Waals surface area contributed by atoms with Crippen molar-refractivity contribution in [1.29, 1.82) is 0 Å². The van der Waals surface area contributed by atoms with Crippen LogP contribution in [0.5, 0.6) is 0 Å². The molecule has 1 fully saturated rings. The van der Waals surface area contributed by atoms with Gasteiger partial charge in [-0.25, -0.2) is 9.18 Å². The second-order valence-electron chi connectivity index (χ2n) is 6.41. The van der Waals surface area contributed by atoms with Gasteiger partial charge >= 0.3 is 6.03 Å². The van der Waals surface area contributed by atoms with Crippen molar-refractivity contribution in [3.8, 4) is 0 Å². The molecule has 0 aliphatic carbocycles. The molecular weight excluding hydrogens is 337 g/mol. The highest BCUT2D eigenvalue weighted by Gasteiger charge is 2.25. The van der Waals surface area contributed by atoms with Crippen molar-refractivity contribution in [2.75, 3.05) is 38.2 Å². The van der Waals surface area contributed by atoms with Gasteiger partial charge in [-0.05, 0) is 43.7 Å². The molecule has 1 unspecified atom stereocenters. The molecule has 1 aromatic carbocycles. The van der Waals surface area contributed by atoms with E-state index in [4.69, 9.17) is 9.15 Å². The fourth-order valence-electron chi connectivity index (χ4n) is 3.02. The Hall–Kier alpha value is -2.38. The van der Waals surface area contributed by atoms with Crippen molar-refractivity contribution >= 4 is 11.7 Å². The molecule has 0 saturated carbocycles. The normalized spacial score (nSPS) is 16.3. The number of nitrogens with one attached hydrogen (secondary N) is 2. The van der Waals surface area contributed by atoms with Gasteiger partial charge in [0.25, 0.3) is 0 Å². The third-order valence-electron chi connectivity index (χ3n) is 4.48. The summed E-state index contributed by atoms with van der Waals surface area (Å²) in [6.45, 7) is 6.96. The van der Waals surface area contributed by atoms with Crippen molar-refractivity contribution in [3.63, 3.8) is 0 Å². The lowest BCUT2D eigenvalue weighted by Crippen LogP contribution is -2.44. The first-order valence-corrected chi connectivity index (χ1v) is 8.72. The van der Waals surface area contributed by atoms with E-state index in [1.54, 1.807) is 6.07 Å². The van der Waals surface area contributed by atoms with Gasteiger partial charge in [0.2, 0.25) is 0 Å². The Morgan fingerprint density at radius 3 is 2.69 bits per heavy atom. The number of ether oxygens (including phenoxy) is 1. The van der Waals surface area contributed by atoms with E-state index in [2.05, 4.69) is 15.5 Å². The summed E-state index contributed by atoms with van der Waals surface area (Å²) in [4.78, 5) is 14.5. The number of morpholine rings is 1. The molecule has 0 bridgehead atoms. The van der Waals surface area contributed by atoms with Crippen LogP contribution in [0.15, 0.2) is 34.7 Å². The Morgan fingerprint density at radius 2 is 2.00 bits per heavy atom. The van der Waals surface area contributed by atoms with E-state index in [1.165, 1.54) is 12.1 Å². The van der Waals surface area contributed by atoms with Gasteiger partial charge in [0.05, 0.1) is 19.3 Å². The lowest BCUT2D eigenvalue weighted by molar-refractivity contribution is 0.0122. The smallest absolute Gasteiger partial charge is 0.319 e. The van der Waals surface area contributed by atoms with E-state index in [0.717, 1.165) is 30.2 Å². The molecule has 0 spiro atoms. The van der Waals surface area contributed by atoms with Crippen molar-refractivity contribution in [2.45, 2.75) is 19.9 Å². The highest BCUT2D eigenvalue weighted by atomic mass is 19.1. The predicted octanol–water partition coefficient (Wildman–Crippen LogP) is 3.23. The minimum atomic E-state index is -0.386. The fraction of sp³-hybridized carbons (Fsp3) is 0.421. The van der Waals surface area contributed by atoms with Crippen molar-refractivity contribution in [2.24, 2.45) is 0 Å². The Morgan fingerprint density at radius 1 is 1.23 bits per heavy atom. The SMILES string of the molecule is Cc1ccc(C(CNC(=O)Nc2cc(F)ccc2C)N2CCOCC2)o1. The van der Waals surface area contributed by atoms with Crippen LogP contribution in [0.2, 0.25) is 0 Å². The van der Waals surface area contributed by atoms with Crippen molar-refractivity contribution < 1.29 is 18.3 Å². The molecule has 3 rings (SSSR count). The molecule has 7 heteroatoms. The highest BCUT2D eigenvalue weighted by Crippen LogP contribution is 2.23. The first kappa shape index (κ1) is 18.4. The number of amides is 2. The first-order valence-electron chi connectivity index (χ1n) is 8.72. The summed E-state index contributed by atoms with van der Waals surface area (Å²) >= 11 is 0. The Kier molecular flexibility index (Phi) is 5.90. The maximum Gasteiger partial charge on any atom is 0.319 e. The van der Waals surface area contributed by atoms with Crippen LogP contribution in [-0.2, 0) is 4.74 Å². The third kappa shape index (κ3) is 4.62. The summed E-state index contributed by atoms with van der Waals surface area (Å²) in [5.41, 5.74) is 1.26. The number of anilines is 1. The van der Waals surface area contributed by atoms with Crippen LogP contribution in [0.1, 0.15) is 23.1 Å². The maximum absolute atomic E-state index is 13.4. The summed E-state index contributed by atoms with van der Waals surface area (Å²) in [7, 11) is 0. The van der Waals surface area contributed by atoms with Crippen molar-refractivity contribution in [1.82, 2.24) is 10.2 Å². The van der Waals surface area contributed by atoms with E-state index >= 15 is 0 Å². The summed E-state index contributed by atoms with van der Waals surface area (Å²) < 4.78 is 24.6. The van der Waals surface area contributed by atoms with E-state index in [-0.39, 0.29) is 17.9 Å². The average molecular weight is 361 g/mol. The molecular formula is C19H24FN3O3. The molecule has 2 aromatic rings. The van der Waals surface area contributed by atoms with E-state index in [1.807, 2.05) is 26.0 Å². The van der Waals surface area contributed by atoms with Gasteiger partial charge in [-0.3, -0.25) is 4.90 Å². The van der Waals surface area contributed by atoms with Gasteiger partial charge in [-0.1, -0.05) is 6.07 Å². The minimum Gasteiger partial charge on any atom is -0.465 e. The molecule has 2 amide bonds. The monoisotopic (exact) mass is 361 g/mol. The molecule has 1 aromatic heterocycles. The van der Waals surface area contributed by atoms with Crippen LogP contribution in [0.25, 0.3) is 0 Å². The third-order valence-corrected chi connectivity index (χ3v) is 4.48. The van der Waals surface area contributed by atoms with Crippen LogP contribution >= 0.6 is 0 Å². The Labute approximate surface area is 152 Å². The molecule has 0 radical (unpaired) electrons. The topological polar surface area (TPSA) is 66.7 Å². The van der Waals surface area contributed by atoms with E-state index < -0.39 is 0 Å². The summed E-state index contributed by atoms with van der Waals surface area (Å²) in [5, 5.41) is 5.57. The molecule has 6 nitrogen and oxygen atoms in total. The molecule has 1 atom stereocenters. The van der Waals surface area contributed by atoms with Gasteiger partial charge in [0.15, 0.2) is 0 Å². The molecule has 1 aliphatic heterocycles. The zero-order valence-electron chi connectivity index (χ0n) is 15.0. The number of rotatable bonds is 5. The minimum absolute atomic E-state index is 0.0769. The summed E-state index contributed by atoms with van der Waals surface area (Å²) in [6, 6.07) is 7.71. The van der Waals surface area contributed by atoms with E-state index in [0.29, 0.717) is 25.4 Å². The maximum atomic E-state index is 13.4. The number of hydrogen-bond acceptors (Lipinski definition) is 4. The zero-order valence-corrected chi connectivity index (χ0v) is 15.0. The Bertz CT molecular complexity index is 756. The van der Waals surface area contributed by atoms with Gasteiger partial charge in [-0.2, -0.15) is 0 Å². The predicted molar refractivity (Wildman–Crippen MR) is 96.7 cm³/mol. The average Bonchev–Trinajstić information content (AvgIpc) is 3.05. The van der Waals surface area contributed by atoms with E-state index in [9.17, 15) is 9.18 Å². The van der Waals surface area contributed by atoms with Crippen LogP contribution in [-0.4, -0.2) is 43.8 Å². The van der Waals surface area contributed by atoms with Crippen LogP contribution in [0.3, 0.4) is 0 Å². The number of carbonyl (C=O) groups is 1. The number of carbonyl (C=O) groups excluding carboxylic acids is 1. The fourth-order valence-corrected chi connectivity index (χ4v) is 3.02. The number of furan rings is 1. The molecule has 1 aliphatic rings. The number of nitrogens with zero attached hydrogens (tertiary/aromatic N) is 1. The van der Waals surface area contributed by atoms with Gasteiger partial charge < -0.3 is 19.8 Å². The Balaban J connectivity index is 1.65. The first-order chi connectivity index (χ1) is 12.5. The molecule has 1 saturated heterocycles. The van der Waals surface area contributed by atoms with Crippen LogP contribution in [0, 0.1) is 19.7 Å². The second kappa shape index (κ2) is 8.33. The van der Waals surface area contributed by atoms with Crippen molar-refractivity contribution in [3.05, 3.63) is 53.2 Å².